The van der Waals surface area contributed by atoms with Crippen LogP contribution in [0.3, 0.4) is 0 Å². The minimum atomic E-state index is 0. The molecule has 0 fully saturated rings. The van der Waals surface area contributed by atoms with Crippen LogP contribution in [0.15, 0.2) is 18.2 Å². The van der Waals surface area contributed by atoms with Crippen LogP contribution in [0.1, 0.15) is 12.5 Å². The number of phenolic OH excluding ortho intramolecular Hbond substituents is 1. The number of rotatable bonds is 2. The van der Waals surface area contributed by atoms with Crippen LogP contribution in [0.4, 0.5) is 0 Å². The van der Waals surface area contributed by atoms with Crippen LogP contribution in [0.25, 0.3) is 0 Å². The van der Waals surface area contributed by atoms with E-state index in [1.165, 1.54) is 0 Å². The molecule has 0 bridgehead atoms. The Morgan fingerprint density at radius 3 is 2.50 bits per heavy atom. The average molecular weight is 176 g/mol. The SMILES string of the molecule is CCc1c(O)cccc1OC.[NaH]. The van der Waals surface area contributed by atoms with Gasteiger partial charge in [-0.15, -0.1) is 0 Å². The van der Waals surface area contributed by atoms with Crippen molar-refractivity contribution >= 4 is 29.6 Å². The number of benzene rings is 1. The molecule has 1 aromatic rings. The van der Waals surface area contributed by atoms with E-state index in [1.807, 2.05) is 13.0 Å². The number of hydrogen-bond donors (Lipinski definition) is 1. The Kier molecular flexibility index (Phi) is 5.38. The number of aromatic hydroxyl groups is 1. The molecule has 0 amide bonds. The summed E-state index contributed by atoms with van der Waals surface area (Å²) >= 11 is 0. The average Bonchev–Trinajstić information content (AvgIpc) is 2.04. The molecule has 0 aliphatic carbocycles. The third-order valence-corrected chi connectivity index (χ3v) is 1.68. The van der Waals surface area contributed by atoms with Gasteiger partial charge in [0, 0.05) is 5.56 Å². The van der Waals surface area contributed by atoms with E-state index in [2.05, 4.69) is 0 Å². The van der Waals surface area contributed by atoms with Gasteiger partial charge in [0.15, 0.2) is 0 Å². The molecule has 12 heavy (non-hydrogen) atoms. The number of hydrogen-bond acceptors (Lipinski definition) is 2. The zero-order valence-corrected chi connectivity index (χ0v) is 6.79. The van der Waals surface area contributed by atoms with Crippen molar-refractivity contribution in [3.8, 4) is 11.5 Å². The summed E-state index contributed by atoms with van der Waals surface area (Å²) in [5.41, 5.74) is 0.870. The second-order valence-corrected chi connectivity index (χ2v) is 2.31. The van der Waals surface area contributed by atoms with Gasteiger partial charge in [-0.05, 0) is 18.6 Å². The van der Waals surface area contributed by atoms with Gasteiger partial charge in [0.25, 0.3) is 0 Å². The number of phenols is 1. The third kappa shape index (κ3) is 2.41. The van der Waals surface area contributed by atoms with Gasteiger partial charge in [-0.3, -0.25) is 0 Å². The maximum atomic E-state index is 9.34. The molecule has 62 valence electrons. The van der Waals surface area contributed by atoms with Crippen LogP contribution in [-0.4, -0.2) is 41.8 Å². The van der Waals surface area contributed by atoms with Crippen molar-refractivity contribution in [2.45, 2.75) is 13.3 Å². The summed E-state index contributed by atoms with van der Waals surface area (Å²) in [6, 6.07) is 5.28. The Balaban J connectivity index is 0.00000121. The van der Waals surface area contributed by atoms with Gasteiger partial charge >= 0.3 is 29.6 Å². The maximum absolute atomic E-state index is 9.34. The number of methoxy groups -OCH3 is 1. The Morgan fingerprint density at radius 1 is 1.42 bits per heavy atom. The first-order chi connectivity index (χ1) is 5.29. The molecule has 0 spiro atoms. The molecule has 1 aromatic carbocycles. The zero-order valence-electron chi connectivity index (χ0n) is 6.79. The predicted octanol–water partition coefficient (Wildman–Crippen LogP) is 1.31. The summed E-state index contributed by atoms with van der Waals surface area (Å²) in [6.07, 6.45) is 0.788. The van der Waals surface area contributed by atoms with E-state index < -0.39 is 0 Å². The van der Waals surface area contributed by atoms with Crippen molar-refractivity contribution in [1.82, 2.24) is 0 Å². The predicted molar refractivity (Wildman–Crippen MR) is 51.2 cm³/mol. The number of ether oxygens (including phenoxy) is 1. The van der Waals surface area contributed by atoms with Crippen LogP contribution in [0.2, 0.25) is 0 Å². The van der Waals surface area contributed by atoms with Crippen LogP contribution < -0.4 is 4.74 Å². The van der Waals surface area contributed by atoms with Gasteiger partial charge in [-0.25, -0.2) is 0 Å². The molecule has 3 heteroatoms. The Morgan fingerprint density at radius 2 is 2.08 bits per heavy atom. The summed E-state index contributed by atoms with van der Waals surface area (Å²) in [5, 5.41) is 9.34. The zero-order chi connectivity index (χ0) is 8.27. The summed E-state index contributed by atoms with van der Waals surface area (Å²) in [4.78, 5) is 0. The third-order valence-electron chi connectivity index (χ3n) is 1.68. The van der Waals surface area contributed by atoms with E-state index in [-0.39, 0.29) is 29.6 Å². The van der Waals surface area contributed by atoms with Crippen LogP contribution in [0, 0.1) is 0 Å². The van der Waals surface area contributed by atoms with E-state index in [1.54, 1.807) is 19.2 Å². The van der Waals surface area contributed by atoms with Gasteiger partial charge in [0.1, 0.15) is 11.5 Å². The van der Waals surface area contributed by atoms with Gasteiger partial charge in [-0.2, -0.15) is 0 Å². The molecule has 0 radical (unpaired) electrons. The van der Waals surface area contributed by atoms with Crippen molar-refractivity contribution in [1.29, 1.82) is 0 Å². The molecule has 0 aliphatic rings. The molecule has 0 saturated heterocycles. The van der Waals surface area contributed by atoms with Crippen LogP contribution in [0.5, 0.6) is 11.5 Å². The van der Waals surface area contributed by atoms with Gasteiger partial charge < -0.3 is 9.84 Å². The first kappa shape index (κ1) is 11.8. The van der Waals surface area contributed by atoms with Crippen molar-refractivity contribution in [2.24, 2.45) is 0 Å². The molecule has 0 unspecified atom stereocenters. The molecular weight excluding hydrogens is 163 g/mol. The molecule has 0 heterocycles. The fourth-order valence-corrected chi connectivity index (χ4v) is 1.10. The van der Waals surface area contributed by atoms with Gasteiger partial charge in [0.05, 0.1) is 7.11 Å². The molecule has 0 atom stereocenters. The first-order valence-corrected chi connectivity index (χ1v) is 3.64. The summed E-state index contributed by atoms with van der Waals surface area (Å²) in [7, 11) is 1.61. The molecular formula is C9H13NaO2. The van der Waals surface area contributed by atoms with Crippen molar-refractivity contribution < 1.29 is 9.84 Å². The van der Waals surface area contributed by atoms with E-state index >= 15 is 0 Å². The molecule has 0 saturated carbocycles. The summed E-state index contributed by atoms with van der Waals surface area (Å²) in [6.45, 7) is 1.98. The van der Waals surface area contributed by atoms with Crippen molar-refractivity contribution in [3.63, 3.8) is 0 Å². The normalized spacial score (nSPS) is 8.83. The molecule has 0 aliphatic heterocycles. The van der Waals surface area contributed by atoms with Gasteiger partial charge in [0.2, 0.25) is 0 Å². The minimum absolute atomic E-state index is 0. The molecule has 1 N–H and O–H groups in total. The quantitative estimate of drug-likeness (QED) is 0.688. The fourth-order valence-electron chi connectivity index (χ4n) is 1.10. The van der Waals surface area contributed by atoms with Crippen molar-refractivity contribution in [2.75, 3.05) is 7.11 Å². The fraction of sp³-hybridized carbons (Fsp3) is 0.333. The van der Waals surface area contributed by atoms with E-state index in [0.29, 0.717) is 5.75 Å². The molecule has 1 rings (SSSR count). The monoisotopic (exact) mass is 176 g/mol. The standard InChI is InChI=1S/C9H12O2.Na.H/c1-3-7-8(10)5-4-6-9(7)11-2;;/h4-6,10H,3H2,1-2H3;;. The van der Waals surface area contributed by atoms with E-state index in [4.69, 9.17) is 4.74 Å². The Bertz CT molecular complexity index is 248. The van der Waals surface area contributed by atoms with Crippen molar-refractivity contribution in [3.05, 3.63) is 23.8 Å². The first-order valence-electron chi connectivity index (χ1n) is 3.64. The summed E-state index contributed by atoms with van der Waals surface area (Å²) < 4.78 is 5.06. The second kappa shape index (κ2) is 5.46. The topological polar surface area (TPSA) is 29.5 Å². The van der Waals surface area contributed by atoms with E-state index in [0.717, 1.165) is 17.7 Å². The molecule has 2 nitrogen and oxygen atoms in total. The van der Waals surface area contributed by atoms with Crippen LogP contribution in [-0.2, 0) is 6.42 Å². The van der Waals surface area contributed by atoms with Gasteiger partial charge in [-0.1, -0.05) is 13.0 Å². The van der Waals surface area contributed by atoms with Crippen LogP contribution >= 0.6 is 0 Å². The second-order valence-electron chi connectivity index (χ2n) is 2.31. The van der Waals surface area contributed by atoms with E-state index in [9.17, 15) is 5.11 Å². The summed E-state index contributed by atoms with van der Waals surface area (Å²) in [5.74, 6) is 1.07. The Labute approximate surface area is 94.8 Å². The Hall–Kier alpha value is -0.180. The molecule has 0 aromatic heterocycles.